The van der Waals surface area contributed by atoms with Gasteiger partial charge in [0.2, 0.25) is 0 Å². The van der Waals surface area contributed by atoms with Crippen molar-refractivity contribution in [2.24, 2.45) is 0 Å². The fraction of sp³-hybridized carbons (Fsp3) is 0.467. The number of aromatic carboxylic acids is 1. The number of carbonyl (C=O) groups is 2. The summed E-state index contributed by atoms with van der Waals surface area (Å²) in [4.78, 5) is 24.9. The number of carboxylic acid groups (broad SMARTS) is 1. The summed E-state index contributed by atoms with van der Waals surface area (Å²) in [5.74, 6) is -1.03. The second kappa shape index (κ2) is 5.22. The molecule has 1 aromatic carbocycles. The molecular formula is C15H18N4O4. The first-order valence-corrected chi connectivity index (χ1v) is 7.31. The number of hydrogen-bond donors (Lipinski definition) is 1. The average Bonchev–Trinajstić information content (AvgIpc) is 2.78. The topological polar surface area (TPSA) is 97.5 Å². The van der Waals surface area contributed by atoms with Crippen LogP contribution in [-0.2, 0) is 4.74 Å². The molecule has 1 aromatic heterocycles. The van der Waals surface area contributed by atoms with Crippen LogP contribution in [0.1, 0.15) is 37.2 Å². The van der Waals surface area contributed by atoms with Gasteiger partial charge >= 0.3 is 12.1 Å². The minimum absolute atomic E-state index is 0.104. The molecule has 3 rings (SSSR count). The molecule has 0 unspecified atom stereocenters. The zero-order valence-electron chi connectivity index (χ0n) is 13.2. The van der Waals surface area contributed by atoms with Crippen molar-refractivity contribution in [1.82, 2.24) is 19.9 Å². The maximum absolute atomic E-state index is 12.0. The molecule has 1 fully saturated rings. The summed E-state index contributed by atoms with van der Waals surface area (Å²) >= 11 is 0. The zero-order valence-corrected chi connectivity index (χ0v) is 13.2. The molecule has 1 saturated heterocycles. The van der Waals surface area contributed by atoms with Crippen molar-refractivity contribution in [1.29, 1.82) is 0 Å². The van der Waals surface area contributed by atoms with Crippen molar-refractivity contribution in [2.45, 2.75) is 32.4 Å². The van der Waals surface area contributed by atoms with Gasteiger partial charge in [-0.05, 0) is 32.9 Å². The standard InChI is InChI=1S/C15H18N4O4/c1-15(2,3)23-14(22)18-7-9(8-18)19-12-10(13(20)21)5-4-6-11(12)16-17-19/h4-6,9H,7-8H2,1-3H3,(H,20,21). The average molecular weight is 318 g/mol. The Bertz CT molecular complexity index is 771. The predicted molar refractivity (Wildman–Crippen MR) is 81.3 cm³/mol. The first-order valence-electron chi connectivity index (χ1n) is 7.31. The molecule has 2 aromatic rings. The van der Waals surface area contributed by atoms with Crippen molar-refractivity contribution < 1.29 is 19.4 Å². The number of fused-ring (bicyclic) bond motifs is 1. The Kier molecular flexibility index (Phi) is 3.46. The van der Waals surface area contributed by atoms with Gasteiger partial charge in [-0.3, -0.25) is 0 Å². The number of ether oxygens (including phenoxy) is 1. The maximum Gasteiger partial charge on any atom is 0.410 e. The lowest BCUT2D eigenvalue weighted by Crippen LogP contribution is -2.52. The molecule has 2 heterocycles. The largest absolute Gasteiger partial charge is 0.478 e. The van der Waals surface area contributed by atoms with Gasteiger partial charge in [0.05, 0.1) is 11.6 Å². The van der Waals surface area contributed by atoms with E-state index < -0.39 is 11.6 Å². The molecule has 1 aliphatic rings. The lowest BCUT2D eigenvalue weighted by atomic mass is 10.1. The highest BCUT2D eigenvalue weighted by molar-refractivity contribution is 6.00. The number of likely N-dealkylation sites (tertiary alicyclic amines) is 1. The Morgan fingerprint density at radius 1 is 1.30 bits per heavy atom. The number of para-hydroxylation sites is 1. The number of rotatable bonds is 2. The molecule has 0 radical (unpaired) electrons. The van der Waals surface area contributed by atoms with E-state index in [1.165, 1.54) is 6.07 Å². The molecular weight excluding hydrogens is 300 g/mol. The normalized spacial score (nSPS) is 15.5. The Balaban J connectivity index is 1.79. The van der Waals surface area contributed by atoms with Gasteiger partial charge in [-0.25, -0.2) is 14.3 Å². The third-order valence-corrected chi connectivity index (χ3v) is 3.58. The molecule has 23 heavy (non-hydrogen) atoms. The first-order chi connectivity index (χ1) is 10.8. The van der Waals surface area contributed by atoms with Gasteiger partial charge in [0.25, 0.3) is 0 Å². The molecule has 8 nitrogen and oxygen atoms in total. The lowest BCUT2D eigenvalue weighted by Gasteiger charge is -2.39. The van der Waals surface area contributed by atoms with E-state index in [9.17, 15) is 14.7 Å². The number of amides is 1. The van der Waals surface area contributed by atoms with Crippen LogP contribution in [-0.4, -0.2) is 55.8 Å². The van der Waals surface area contributed by atoms with E-state index in [1.54, 1.807) is 21.7 Å². The van der Waals surface area contributed by atoms with E-state index in [-0.39, 0.29) is 17.7 Å². The van der Waals surface area contributed by atoms with E-state index >= 15 is 0 Å². The fourth-order valence-electron chi connectivity index (χ4n) is 2.51. The van der Waals surface area contributed by atoms with Gasteiger partial charge in [0.15, 0.2) is 0 Å². The summed E-state index contributed by atoms with van der Waals surface area (Å²) in [5, 5.41) is 17.4. The quantitative estimate of drug-likeness (QED) is 0.908. The Hall–Kier alpha value is -2.64. The SMILES string of the molecule is CC(C)(C)OC(=O)N1CC(n2nnc3cccc(C(=O)O)c32)C1. The van der Waals surface area contributed by atoms with Crippen molar-refractivity contribution >= 4 is 23.1 Å². The molecule has 1 N–H and O–H groups in total. The zero-order chi connectivity index (χ0) is 16.8. The number of hydrogen-bond acceptors (Lipinski definition) is 5. The van der Waals surface area contributed by atoms with Crippen LogP contribution >= 0.6 is 0 Å². The van der Waals surface area contributed by atoms with E-state index in [0.29, 0.717) is 24.1 Å². The molecule has 8 heteroatoms. The van der Waals surface area contributed by atoms with Crippen molar-refractivity contribution in [2.75, 3.05) is 13.1 Å². The molecule has 1 aliphatic heterocycles. The van der Waals surface area contributed by atoms with Crippen LogP contribution < -0.4 is 0 Å². The van der Waals surface area contributed by atoms with Crippen LogP contribution in [0.3, 0.4) is 0 Å². The van der Waals surface area contributed by atoms with Crippen molar-refractivity contribution in [3.05, 3.63) is 23.8 Å². The van der Waals surface area contributed by atoms with E-state index in [1.807, 2.05) is 20.8 Å². The van der Waals surface area contributed by atoms with Crippen LogP contribution in [0, 0.1) is 0 Å². The molecule has 1 amide bonds. The molecule has 0 atom stereocenters. The van der Waals surface area contributed by atoms with Crippen molar-refractivity contribution in [3.63, 3.8) is 0 Å². The Morgan fingerprint density at radius 2 is 2.00 bits per heavy atom. The van der Waals surface area contributed by atoms with Crippen LogP contribution in [0.15, 0.2) is 18.2 Å². The highest BCUT2D eigenvalue weighted by atomic mass is 16.6. The van der Waals surface area contributed by atoms with Crippen LogP contribution in [0.4, 0.5) is 4.79 Å². The summed E-state index contributed by atoms with van der Waals surface area (Å²) in [5.41, 5.74) is 0.621. The third-order valence-electron chi connectivity index (χ3n) is 3.58. The number of aromatic nitrogens is 3. The maximum atomic E-state index is 12.0. The van der Waals surface area contributed by atoms with Gasteiger partial charge in [0, 0.05) is 13.1 Å². The second-order valence-electron chi connectivity index (χ2n) is 6.55. The summed E-state index contributed by atoms with van der Waals surface area (Å²) in [6, 6.07) is 4.77. The van der Waals surface area contributed by atoms with Crippen molar-refractivity contribution in [3.8, 4) is 0 Å². The number of nitrogens with zero attached hydrogens (tertiary/aromatic N) is 4. The van der Waals surface area contributed by atoms with Crippen LogP contribution in [0.2, 0.25) is 0 Å². The summed E-state index contributed by atoms with van der Waals surface area (Å²) in [7, 11) is 0. The van der Waals surface area contributed by atoms with Gasteiger partial charge in [-0.15, -0.1) is 5.10 Å². The molecule has 0 spiro atoms. The monoisotopic (exact) mass is 318 g/mol. The van der Waals surface area contributed by atoms with Gasteiger partial charge in [-0.2, -0.15) is 0 Å². The Morgan fingerprint density at radius 3 is 2.61 bits per heavy atom. The van der Waals surface area contributed by atoms with Crippen LogP contribution in [0.25, 0.3) is 11.0 Å². The highest BCUT2D eigenvalue weighted by Crippen LogP contribution is 2.27. The van der Waals surface area contributed by atoms with Gasteiger partial charge in [-0.1, -0.05) is 11.3 Å². The summed E-state index contributed by atoms with van der Waals surface area (Å²) in [6.45, 7) is 6.27. The molecule has 122 valence electrons. The number of benzene rings is 1. The second-order valence-corrected chi connectivity index (χ2v) is 6.55. The van der Waals surface area contributed by atoms with E-state index in [2.05, 4.69) is 10.3 Å². The lowest BCUT2D eigenvalue weighted by molar-refractivity contribution is -0.000136. The summed E-state index contributed by atoms with van der Waals surface area (Å²) < 4.78 is 6.89. The van der Waals surface area contributed by atoms with Gasteiger partial charge < -0.3 is 14.7 Å². The minimum Gasteiger partial charge on any atom is -0.478 e. The number of carboxylic acids is 1. The van der Waals surface area contributed by atoms with Gasteiger partial charge in [0.1, 0.15) is 16.6 Å². The first kappa shape index (κ1) is 15.3. The predicted octanol–water partition coefficient (Wildman–Crippen LogP) is 1.92. The molecule has 0 bridgehead atoms. The number of carbonyl (C=O) groups excluding carboxylic acids is 1. The molecule has 0 saturated carbocycles. The highest BCUT2D eigenvalue weighted by Gasteiger charge is 2.36. The van der Waals surface area contributed by atoms with Crippen LogP contribution in [0.5, 0.6) is 0 Å². The van der Waals surface area contributed by atoms with E-state index in [0.717, 1.165) is 0 Å². The summed E-state index contributed by atoms with van der Waals surface area (Å²) in [6.07, 6.45) is -0.378. The smallest absolute Gasteiger partial charge is 0.410 e. The molecule has 0 aliphatic carbocycles. The van der Waals surface area contributed by atoms with E-state index in [4.69, 9.17) is 4.74 Å². The minimum atomic E-state index is -1.03. The fourth-order valence-corrected chi connectivity index (χ4v) is 2.51. The Labute approximate surface area is 132 Å². The third kappa shape index (κ3) is 2.84.